The Hall–Kier alpha value is -3.31. The Morgan fingerprint density at radius 2 is 1.72 bits per heavy atom. The summed E-state index contributed by atoms with van der Waals surface area (Å²) < 4.78 is 8.26. The molecule has 0 saturated carbocycles. The minimum Gasteiger partial charge on any atom is -0.491 e. The first-order valence-electron chi connectivity index (χ1n) is 10.6. The minimum atomic E-state index is -0.286. The lowest BCUT2D eigenvalue weighted by molar-refractivity contribution is 0.0937. The largest absolute Gasteiger partial charge is 0.491 e. The number of rotatable bonds is 7. The molecule has 0 spiro atoms. The van der Waals surface area contributed by atoms with Crippen molar-refractivity contribution in [3.05, 3.63) is 94.3 Å². The van der Waals surface area contributed by atoms with E-state index in [1.54, 1.807) is 24.3 Å². The van der Waals surface area contributed by atoms with Gasteiger partial charge in [-0.3, -0.25) is 4.79 Å². The van der Waals surface area contributed by atoms with Gasteiger partial charge in [0.25, 0.3) is 5.91 Å². The summed E-state index contributed by atoms with van der Waals surface area (Å²) in [5, 5.41) is 3.65. The molecule has 0 aliphatic rings. The normalized spacial score (nSPS) is 12.0. The Morgan fingerprint density at radius 1 is 1.03 bits per heavy atom. The van der Waals surface area contributed by atoms with Crippen LogP contribution >= 0.6 is 11.6 Å². The SMILES string of the molecule is Cc1cccc(C)c1OCCn1c(C(C)NC(=O)c2ccc(Cl)cc2)nc2ccccc21. The van der Waals surface area contributed by atoms with Crippen molar-refractivity contribution < 1.29 is 9.53 Å². The smallest absolute Gasteiger partial charge is 0.251 e. The van der Waals surface area contributed by atoms with Crippen molar-refractivity contribution in [3.8, 4) is 5.75 Å². The van der Waals surface area contributed by atoms with Crippen molar-refractivity contribution in [2.24, 2.45) is 0 Å². The number of nitrogens with one attached hydrogen (secondary N) is 1. The van der Waals surface area contributed by atoms with Gasteiger partial charge in [-0.1, -0.05) is 41.9 Å². The quantitative estimate of drug-likeness (QED) is 0.385. The zero-order chi connectivity index (χ0) is 22.7. The van der Waals surface area contributed by atoms with Gasteiger partial charge in [0, 0.05) is 10.6 Å². The van der Waals surface area contributed by atoms with Crippen LogP contribution in [-0.4, -0.2) is 22.1 Å². The van der Waals surface area contributed by atoms with E-state index in [1.807, 2.05) is 37.3 Å². The molecule has 32 heavy (non-hydrogen) atoms. The Labute approximate surface area is 193 Å². The number of aromatic nitrogens is 2. The van der Waals surface area contributed by atoms with E-state index in [2.05, 4.69) is 35.9 Å². The summed E-state index contributed by atoms with van der Waals surface area (Å²) in [4.78, 5) is 17.5. The third-order valence-electron chi connectivity index (χ3n) is 5.50. The number of fused-ring (bicyclic) bond motifs is 1. The lowest BCUT2D eigenvalue weighted by Crippen LogP contribution is -2.29. The van der Waals surface area contributed by atoms with E-state index in [4.69, 9.17) is 21.3 Å². The Kier molecular flexibility index (Phi) is 6.47. The van der Waals surface area contributed by atoms with Crippen LogP contribution < -0.4 is 10.1 Å². The monoisotopic (exact) mass is 447 g/mol. The van der Waals surface area contributed by atoms with Gasteiger partial charge in [0.15, 0.2) is 0 Å². The zero-order valence-corrected chi connectivity index (χ0v) is 19.2. The van der Waals surface area contributed by atoms with Gasteiger partial charge in [0.05, 0.1) is 23.6 Å². The van der Waals surface area contributed by atoms with Crippen molar-refractivity contribution in [1.29, 1.82) is 0 Å². The van der Waals surface area contributed by atoms with Gasteiger partial charge in [-0.25, -0.2) is 4.98 Å². The fourth-order valence-electron chi connectivity index (χ4n) is 3.87. The van der Waals surface area contributed by atoms with Crippen LogP contribution in [0.25, 0.3) is 11.0 Å². The van der Waals surface area contributed by atoms with Crippen molar-refractivity contribution in [2.75, 3.05) is 6.61 Å². The van der Waals surface area contributed by atoms with E-state index >= 15 is 0 Å². The number of benzene rings is 3. The maximum Gasteiger partial charge on any atom is 0.251 e. The fourth-order valence-corrected chi connectivity index (χ4v) is 4.00. The highest BCUT2D eigenvalue weighted by Crippen LogP contribution is 2.24. The van der Waals surface area contributed by atoms with Gasteiger partial charge in [-0.15, -0.1) is 0 Å². The maximum absolute atomic E-state index is 12.7. The van der Waals surface area contributed by atoms with Gasteiger partial charge < -0.3 is 14.6 Å². The highest BCUT2D eigenvalue weighted by molar-refractivity contribution is 6.30. The highest BCUT2D eigenvalue weighted by Gasteiger charge is 2.19. The average Bonchev–Trinajstić information content (AvgIpc) is 3.15. The molecule has 1 aromatic heterocycles. The number of amides is 1. The van der Waals surface area contributed by atoms with Crippen molar-refractivity contribution >= 4 is 28.5 Å². The maximum atomic E-state index is 12.7. The number of carbonyl (C=O) groups excluding carboxylic acids is 1. The van der Waals surface area contributed by atoms with Crippen LogP contribution in [-0.2, 0) is 6.54 Å². The van der Waals surface area contributed by atoms with E-state index in [9.17, 15) is 4.79 Å². The molecule has 164 valence electrons. The molecular formula is C26H26ClN3O2. The van der Waals surface area contributed by atoms with Gasteiger partial charge in [0.1, 0.15) is 18.2 Å². The molecule has 0 aliphatic heterocycles. The Balaban J connectivity index is 1.55. The third-order valence-corrected chi connectivity index (χ3v) is 5.75. The number of imidazole rings is 1. The first kappa shape index (κ1) is 21.9. The highest BCUT2D eigenvalue weighted by atomic mass is 35.5. The second kappa shape index (κ2) is 9.45. The number of hydrogen-bond donors (Lipinski definition) is 1. The number of halogens is 1. The number of para-hydroxylation sites is 3. The molecule has 1 atom stereocenters. The van der Waals surface area contributed by atoms with Crippen molar-refractivity contribution in [1.82, 2.24) is 14.9 Å². The summed E-state index contributed by atoms with van der Waals surface area (Å²) in [6, 6.07) is 20.7. The van der Waals surface area contributed by atoms with Crippen LogP contribution in [0.4, 0.5) is 0 Å². The van der Waals surface area contributed by atoms with E-state index in [1.165, 1.54) is 0 Å². The molecule has 4 rings (SSSR count). The molecule has 4 aromatic rings. The molecule has 6 heteroatoms. The number of carbonyl (C=O) groups is 1. The van der Waals surface area contributed by atoms with Gasteiger partial charge >= 0.3 is 0 Å². The predicted molar refractivity (Wildman–Crippen MR) is 128 cm³/mol. The third kappa shape index (κ3) is 4.63. The molecule has 1 unspecified atom stereocenters. The van der Waals surface area contributed by atoms with Crippen LogP contribution in [0.5, 0.6) is 5.75 Å². The molecule has 1 amide bonds. The summed E-state index contributed by atoms with van der Waals surface area (Å²) >= 11 is 5.94. The number of hydrogen-bond acceptors (Lipinski definition) is 3. The molecule has 1 heterocycles. The molecule has 5 nitrogen and oxygen atoms in total. The topological polar surface area (TPSA) is 56.1 Å². The minimum absolute atomic E-state index is 0.167. The van der Waals surface area contributed by atoms with Crippen LogP contribution in [0.3, 0.4) is 0 Å². The second-order valence-electron chi connectivity index (χ2n) is 7.88. The van der Waals surface area contributed by atoms with E-state index in [0.717, 1.165) is 33.7 Å². The van der Waals surface area contributed by atoms with Crippen molar-refractivity contribution in [3.63, 3.8) is 0 Å². The molecular weight excluding hydrogens is 422 g/mol. The fraction of sp³-hybridized carbons (Fsp3) is 0.231. The molecule has 3 aromatic carbocycles. The van der Waals surface area contributed by atoms with E-state index < -0.39 is 0 Å². The molecule has 0 fully saturated rings. The van der Waals surface area contributed by atoms with Crippen LogP contribution in [0.2, 0.25) is 5.02 Å². The number of nitrogens with zero attached hydrogens (tertiary/aromatic N) is 2. The van der Waals surface area contributed by atoms with Gasteiger partial charge in [0.2, 0.25) is 0 Å². The Bertz CT molecular complexity index is 1230. The average molecular weight is 448 g/mol. The summed E-state index contributed by atoms with van der Waals surface area (Å²) in [6.45, 7) is 7.16. The summed E-state index contributed by atoms with van der Waals surface area (Å²) in [6.07, 6.45) is 0. The standard InChI is InChI=1S/C26H26ClN3O2/c1-17-7-6-8-18(2)24(17)32-16-15-30-23-10-5-4-9-22(23)29-25(30)19(3)28-26(31)20-11-13-21(27)14-12-20/h4-14,19H,15-16H2,1-3H3,(H,28,31). The molecule has 0 saturated heterocycles. The lowest BCUT2D eigenvalue weighted by Gasteiger charge is -2.18. The molecule has 0 aliphatic carbocycles. The van der Waals surface area contributed by atoms with Gasteiger partial charge in [-0.2, -0.15) is 0 Å². The number of ether oxygens (including phenoxy) is 1. The molecule has 1 N–H and O–H groups in total. The lowest BCUT2D eigenvalue weighted by atomic mass is 10.1. The first-order valence-corrected chi connectivity index (χ1v) is 11.0. The second-order valence-corrected chi connectivity index (χ2v) is 8.32. The van der Waals surface area contributed by atoms with Crippen LogP contribution in [0.1, 0.15) is 40.3 Å². The molecule has 0 radical (unpaired) electrons. The molecule has 0 bridgehead atoms. The van der Waals surface area contributed by atoms with E-state index in [0.29, 0.717) is 23.7 Å². The summed E-state index contributed by atoms with van der Waals surface area (Å²) in [5.74, 6) is 1.54. The van der Waals surface area contributed by atoms with Crippen LogP contribution in [0.15, 0.2) is 66.7 Å². The van der Waals surface area contributed by atoms with Gasteiger partial charge in [-0.05, 0) is 68.3 Å². The number of aryl methyl sites for hydroxylation is 2. The summed E-state index contributed by atoms with van der Waals surface area (Å²) in [7, 11) is 0. The predicted octanol–water partition coefficient (Wildman–Crippen LogP) is 5.88. The van der Waals surface area contributed by atoms with Crippen molar-refractivity contribution in [2.45, 2.75) is 33.4 Å². The zero-order valence-electron chi connectivity index (χ0n) is 18.4. The van der Waals surface area contributed by atoms with Crippen LogP contribution in [0, 0.1) is 13.8 Å². The summed E-state index contributed by atoms with van der Waals surface area (Å²) in [5.41, 5.74) is 4.69. The Morgan fingerprint density at radius 3 is 2.44 bits per heavy atom. The van der Waals surface area contributed by atoms with E-state index in [-0.39, 0.29) is 11.9 Å². The first-order chi connectivity index (χ1) is 15.4.